The third kappa shape index (κ3) is 2.93. The van der Waals surface area contributed by atoms with Crippen LogP contribution in [-0.2, 0) is 4.79 Å². The number of aromatic nitrogens is 1. The fraction of sp³-hybridized carbons (Fsp3) is 0.400. The Morgan fingerprint density at radius 2 is 2.12 bits per heavy atom. The van der Waals surface area contributed by atoms with Crippen molar-refractivity contribution in [3.63, 3.8) is 0 Å². The molecule has 1 rings (SSSR count). The zero-order valence-electron chi connectivity index (χ0n) is 9.28. The van der Waals surface area contributed by atoms with Gasteiger partial charge in [0.25, 0.3) is 0 Å². The van der Waals surface area contributed by atoms with Crippen LogP contribution in [0.15, 0.2) is 16.0 Å². The lowest BCUT2D eigenvalue weighted by atomic mass is 10.2. The molecule has 0 radical (unpaired) electrons. The summed E-state index contributed by atoms with van der Waals surface area (Å²) >= 11 is 6.43. The minimum absolute atomic E-state index is 0.392. The van der Waals surface area contributed by atoms with E-state index in [2.05, 4.69) is 20.9 Å². The molecule has 1 heterocycles. The van der Waals surface area contributed by atoms with E-state index in [4.69, 9.17) is 5.73 Å². The van der Waals surface area contributed by atoms with Gasteiger partial charge >= 0.3 is 0 Å². The number of hydrogen-bond acceptors (Lipinski definition) is 4. The van der Waals surface area contributed by atoms with Gasteiger partial charge in [-0.1, -0.05) is 15.9 Å². The van der Waals surface area contributed by atoms with Crippen molar-refractivity contribution in [2.45, 2.75) is 21.7 Å². The lowest BCUT2D eigenvalue weighted by molar-refractivity contribution is -0.117. The number of hydrogen-bond donors (Lipinski definition) is 1. The van der Waals surface area contributed by atoms with Gasteiger partial charge in [0.15, 0.2) is 0 Å². The SMILES string of the molecule is CSc1cc(C)nc(SC)c1C(Br)C(N)=O. The van der Waals surface area contributed by atoms with Crippen LogP contribution in [0.25, 0.3) is 0 Å². The van der Waals surface area contributed by atoms with Crippen LogP contribution < -0.4 is 5.73 Å². The Kier molecular flexibility index (Phi) is 5.14. The molecule has 3 nitrogen and oxygen atoms in total. The first-order valence-corrected chi connectivity index (χ1v) is 7.90. The Balaban J connectivity index is 3.38. The molecular weight excluding hydrogens is 308 g/mol. The van der Waals surface area contributed by atoms with E-state index >= 15 is 0 Å². The van der Waals surface area contributed by atoms with E-state index in [9.17, 15) is 4.79 Å². The topological polar surface area (TPSA) is 56.0 Å². The van der Waals surface area contributed by atoms with Crippen molar-refractivity contribution >= 4 is 45.4 Å². The largest absolute Gasteiger partial charge is 0.368 e. The molecule has 0 aliphatic rings. The highest BCUT2D eigenvalue weighted by Crippen LogP contribution is 2.37. The third-order valence-corrected chi connectivity index (χ3v) is 4.41. The van der Waals surface area contributed by atoms with Crippen molar-refractivity contribution in [2.24, 2.45) is 5.73 Å². The number of alkyl halides is 1. The third-order valence-electron chi connectivity index (χ3n) is 2.03. The molecule has 1 aromatic rings. The van der Waals surface area contributed by atoms with Crippen LogP contribution in [0.1, 0.15) is 16.1 Å². The standard InChI is InChI=1S/C10H13BrN2OS2/c1-5-4-6(15-2)7(8(11)9(12)14)10(13-5)16-3/h4,8H,1-3H3,(H2,12,14). The Labute approximate surface area is 112 Å². The van der Waals surface area contributed by atoms with Gasteiger partial charge in [-0.15, -0.1) is 23.5 Å². The van der Waals surface area contributed by atoms with E-state index in [1.54, 1.807) is 11.8 Å². The summed E-state index contributed by atoms with van der Waals surface area (Å²) in [6.07, 6.45) is 3.92. The summed E-state index contributed by atoms with van der Waals surface area (Å²) in [5.74, 6) is -0.392. The van der Waals surface area contributed by atoms with Crippen molar-refractivity contribution in [3.8, 4) is 0 Å². The van der Waals surface area contributed by atoms with Gasteiger partial charge in [-0.2, -0.15) is 0 Å². The summed E-state index contributed by atoms with van der Waals surface area (Å²) in [5.41, 5.74) is 7.14. The first-order chi connectivity index (χ1) is 7.51. The van der Waals surface area contributed by atoms with E-state index in [1.165, 1.54) is 11.8 Å². The number of nitrogens with zero attached hydrogens (tertiary/aromatic N) is 1. The van der Waals surface area contributed by atoms with E-state index in [0.717, 1.165) is 21.2 Å². The van der Waals surface area contributed by atoms with Crippen LogP contribution in [0, 0.1) is 6.92 Å². The molecule has 0 bridgehead atoms. The number of amides is 1. The molecule has 1 amide bonds. The predicted molar refractivity (Wildman–Crippen MR) is 73.4 cm³/mol. The van der Waals surface area contributed by atoms with Crippen molar-refractivity contribution in [3.05, 3.63) is 17.3 Å². The zero-order valence-corrected chi connectivity index (χ0v) is 12.5. The van der Waals surface area contributed by atoms with Gasteiger partial charge in [0.2, 0.25) is 5.91 Å². The predicted octanol–water partition coefficient (Wildman–Crippen LogP) is 2.76. The average molecular weight is 321 g/mol. The van der Waals surface area contributed by atoms with Crippen LogP contribution in [0.4, 0.5) is 0 Å². The number of thioether (sulfide) groups is 2. The first kappa shape index (κ1) is 13.9. The van der Waals surface area contributed by atoms with E-state index in [-0.39, 0.29) is 0 Å². The van der Waals surface area contributed by atoms with Crippen LogP contribution in [-0.4, -0.2) is 23.4 Å². The van der Waals surface area contributed by atoms with E-state index < -0.39 is 10.7 Å². The summed E-state index contributed by atoms with van der Waals surface area (Å²) in [6.45, 7) is 1.94. The Morgan fingerprint density at radius 3 is 2.56 bits per heavy atom. The fourth-order valence-electron chi connectivity index (χ4n) is 1.33. The lowest BCUT2D eigenvalue weighted by Gasteiger charge is -2.15. The number of primary amides is 1. The van der Waals surface area contributed by atoms with Crippen molar-refractivity contribution in [1.82, 2.24) is 4.98 Å². The molecule has 0 fully saturated rings. The number of carbonyl (C=O) groups excluding carboxylic acids is 1. The maximum Gasteiger partial charge on any atom is 0.235 e. The Bertz CT molecular complexity index is 387. The lowest BCUT2D eigenvalue weighted by Crippen LogP contribution is -2.18. The quantitative estimate of drug-likeness (QED) is 0.684. The molecule has 0 aromatic carbocycles. The maximum absolute atomic E-state index is 11.3. The molecule has 0 saturated heterocycles. The monoisotopic (exact) mass is 320 g/mol. The first-order valence-electron chi connectivity index (χ1n) is 4.54. The number of halogens is 1. The molecule has 6 heteroatoms. The van der Waals surface area contributed by atoms with Crippen molar-refractivity contribution in [2.75, 3.05) is 12.5 Å². The fourth-order valence-corrected chi connectivity index (χ4v) is 3.56. The van der Waals surface area contributed by atoms with Crippen molar-refractivity contribution < 1.29 is 4.79 Å². The second-order valence-corrected chi connectivity index (χ2v) is 5.71. The maximum atomic E-state index is 11.3. The van der Waals surface area contributed by atoms with Gasteiger partial charge < -0.3 is 5.73 Å². The molecule has 0 aliphatic heterocycles. The molecule has 0 spiro atoms. The number of pyridine rings is 1. The molecule has 1 aromatic heterocycles. The minimum atomic E-state index is -0.481. The highest BCUT2D eigenvalue weighted by Gasteiger charge is 2.22. The number of aryl methyl sites for hydroxylation is 1. The van der Waals surface area contributed by atoms with Gasteiger partial charge in [-0.05, 0) is 25.5 Å². The summed E-state index contributed by atoms with van der Waals surface area (Å²) in [7, 11) is 0. The van der Waals surface area contributed by atoms with Gasteiger partial charge in [0, 0.05) is 16.2 Å². The average Bonchev–Trinajstić information content (AvgIpc) is 2.26. The molecule has 0 saturated carbocycles. The van der Waals surface area contributed by atoms with E-state index in [1.807, 2.05) is 25.5 Å². The number of rotatable bonds is 4. The van der Waals surface area contributed by atoms with Gasteiger partial charge in [0.05, 0.1) is 0 Å². The second-order valence-electron chi connectivity index (χ2n) is 3.15. The van der Waals surface area contributed by atoms with Crippen LogP contribution >= 0.6 is 39.5 Å². The van der Waals surface area contributed by atoms with Gasteiger partial charge in [-0.25, -0.2) is 4.98 Å². The summed E-state index contributed by atoms with van der Waals surface area (Å²) in [6, 6.07) is 1.97. The second kappa shape index (κ2) is 5.93. The van der Waals surface area contributed by atoms with Crippen LogP contribution in [0.5, 0.6) is 0 Å². The summed E-state index contributed by atoms with van der Waals surface area (Å²) in [5, 5.41) is 0.852. The summed E-state index contributed by atoms with van der Waals surface area (Å²) in [4.78, 5) is 16.2. The van der Waals surface area contributed by atoms with Gasteiger partial charge in [0.1, 0.15) is 9.85 Å². The smallest absolute Gasteiger partial charge is 0.235 e. The van der Waals surface area contributed by atoms with Crippen LogP contribution in [0.3, 0.4) is 0 Å². The molecule has 1 atom stereocenters. The highest BCUT2D eigenvalue weighted by molar-refractivity contribution is 9.09. The molecular formula is C10H13BrN2OS2. The number of nitrogens with two attached hydrogens (primary N) is 1. The molecule has 16 heavy (non-hydrogen) atoms. The molecule has 2 N–H and O–H groups in total. The van der Waals surface area contributed by atoms with Gasteiger partial charge in [-0.3, -0.25) is 4.79 Å². The normalized spacial score (nSPS) is 12.5. The summed E-state index contributed by atoms with van der Waals surface area (Å²) < 4.78 is 0. The minimum Gasteiger partial charge on any atom is -0.368 e. The molecule has 1 unspecified atom stereocenters. The Hall–Kier alpha value is -0.200. The van der Waals surface area contributed by atoms with Crippen molar-refractivity contribution in [1.29, 1.82) is 0 Å². The Morgan fingerprint density at radius 1 is 1.50 bits per heavy atom. The van der Waals surface area contributed by atoms with E-state index in [0.29, 0.717) is 0 Å². The molecule has 0 aliphatic carbocycles. The van der Waals surface area contributed by atoms with Crippen LogP contribution in [0.2, 0.25) is 0 Å². The molecule has 88 valence electrons. The zero-order chi connectivity index (χ0) is 12.3. The number of carbonyl (C=O) groups is 1. The highest BCUT2D eigenvalue weighted by atomic mass is 79.9.